The molecular formula is C17H25NOS. The maximum Gasteiger partial charge on any atom is 0.165 e. The normalized spacial score (nSPS) is 20.2. The number of ether oxygens (including phenoxy) is 1. The molecule has 3 heteroatoms. The van der Waals surface area contributed by atoms with Gasteiger partial charge >= 0.3 is 0 Å². The van der Waals surface area contributed by atoms with E-state index in [0.29, 0.717) is 24.5 Å². The predicted octanol–water partition coefficient (Wildman–Crippen LogP) is 4.29. The van der Waals surface area contributed by atoms with Crippen LogP contribution in [0, 0.1) is 11.8 Å². The van der Waals surface area contributed by atoms with Gasteiger partial charge in [-0.3, -0.25) is 0 Å². The second-order valence-corrected chi connectivity index (χ2v) is 6.16. The first-order chi connectivity index (χ1) is 9.65. The Morgan fingerprint density at radius 3 is 2.65 bits per heavy atom. The zero-order valence-corrected chi connectivity index (χ0v) is 13.5. The second-order valence-electron chi connectivity index (χ2n) is 5.76. The Morgan fingerprint density at radius 2 is 2.05 bits per heavy atom. The molecule has 1 aromatic carbocycles. The Kier molecular flexibility index (Phi) is 5.41. The summed E-state index contributed by atoms with van der Waals surface area (Å²) < 4.78 is 5.67. The third kappa shape index (κ3) is 3.32. The van der Waals surface area contributed by atoms with Crippen molar-refractivity contribution in [2.45, 2.75) is 39.7 Å². The summed E-state index contributed by atoms with van der Waals surface area (Å²) in [5.74, 6) is 0.830. The maximum absolute atomic E-state index is 5.67. The van der Waals surface area contributed by atoms with E-state index in [2.05, 4.69) is 49.1 Å². The lowest BCUT2D eigenvalue weighted by Crippen LogP contribution is -2.42. The number of benzene rings is 1. The number of rotatable bonds is 5. The van der Waals surface area contributed by atoms with Crippen molar-refractivity contribution in [1.29, 1.82) is 0 Å². The average molecular weight is 291 g/mol. The van der Waals surface area contributed by atoms with Crippen molar-refractivity contribution < 1.29 is 4.74 Å². The van der Waals surface area contributed by atoms with Crippen LogP contribution in [0.25, 0.3) is 0 Å². The number of anilines is 1. The molecule has 1 heterocycles. The molecule has 0 bridgehead atoms. The van der Waals surface area contributed by atoms with Crippen molar-refractivity contribution in [3.05, 3.63) is 30.3 Å². The molecule has 1 fully saturated rings. The highest BCUT2D eigenvalue weighted by Crippen LogP contribution is 2.34. The summed E-state index contributed by atoms with van der Waals surface area (Å²) in [6.07, 6.45) is 2.43. The zero-order chi connectivity index (χ0) is 14.5. The van der Waals surface area contributed by atoms with Gasteiger partial charge < -0.3 is 9.64 Å². The monoisotopic (exact) mass is 291 g/mol. The van der Waals surface area contributed by atoms with Gasteiger partial charge in [-0.1, -0.05) is 32.0 Å². The first-order valence-corrected chi connectivity index (χ1v) is 8.04. The number of hydrogen-bond donors (Lipinski definition) is 0. The van der Waals surface area contributed by atoms with Gasteiger partial charge in [0.05, 0.1) is 6.61 Å². The van der Waals surface area contributed by atoms with Crippen LogP contribution in [-0.2, 0) is 4.74 Å². The lowest BCUT2D eigenvalue weighted by atomic mass is 9.87. The first kappa shape index (κ1) is 15.3. The van der Waals surface area contributed by atoms with Crippen LogP contribution in [0.15, 0.2) is 30.3 Å². The van der Waals surface area contributed by atoms with Crippen LogP contribution in [-0.4, -0.2) is 24.2 Å². The Balaban J connectivity index is 2.21. The first-order valence-electron chi connectivity index (χ1n) is 7.63. The largest absolute Gasteiger partial charge is 0.487 e. The lowest BCUT2D eigenvalue weighted by molar-refractivity contribution is 0.276. The van der Waals surface area contributed by atoms with Gasteiger partial charge in [-0.25, -0.2) is 0 Å². The maximum atomic E-state index is 5.67. The van der Waals surface area contributed by atoms with E-state index in [0.717, 1.165) is 11.6 Å². The molecule has 2 nitrogen and oxygen atoms in total. The SMILES string of the molecule is CCOC(=S)[C@H](C(C)C)[C@H]1CCCN1c1ccccc1. The van der Waals surface area contributed by atoms with Crippen LogP contribution in [0.1, 0.15) is 33.6 Å². The van der Waals surface area contributed by atoms with Crippen LogP contribution in [0.3, 0.4) is 0 Å². The van der Waals surface area contributed by atoms with E-state index in [9.17, 15) is 0 Å². The molecule has 2 atom stereocenters. The molecule has 0 radical (unpaired) electrons. The van der Waals surface area contributed by atoms with Gasteiger partial charge in [-0.15, -0.1) is 0 Å². The fourth-order valence-electron chi connectivity index (χ4n) is 3.22. The Morgan fingerprint density at radius 1 is 1.35 bits per heavy atom. The van der Waals surface area contributed by atoms with E-state index in [-0.39, 0.29) is 0 Å². The van der Waals surface area contributed by atoms with Crippen LogP contribution in [0.5, 0.6) is 0 Å². The van der Waals surface area contributed by atoms with Gasteiger partial charge in [0.2, 0.25) is 0 Å². The van der Waals surface area contributed by atoms with Crippen molar-refractivity contribution in [2.24, 2.45) is 11.8 Å². The summed E-state index contributed by atoms with van der Waals surface area (Å²) in [7, 11) is 0. The third-order valence-corrected chi connectivity index (χ3v) is 4.47. The molecule has 0 aliphatic carbocycles. The van der Waals surface area contributed by atoms with Crippen molar-refractivity contribution in [3.63, 3.8) is 0 Å². The number of nitrogens with zero attached hydrogens (tertiary/aromatic N) is 1. The van der Waals surface area contributed by atoms with Gasteiger partial charge in [0.15, 0.2) is 5.05 Å². The van der Waals surface area contributed by atoms with Gasteiger partial charge in [-0.2, -0.15) is 0 Å². The highest BCUT2D eigenvalue weighted by atomic mass is 32.1. The van der Waals surface area contributed by atoms with Crippen molar-refractivity contribution in [3.8, 4) is 0 Å². The number of hydrogen-bond acceptors (Lipinski definition) is 3. The fraction of sp³-hybridized carbons (Fsp3) is 0.588. The molecule has 2 rings (SSSR count). The van der Waals surface area contributed by atoms with Crippen LogP contribution in [0.4, 0.5) is 5.69 Å². The summed E-state index contributed by atoms with van der Waals surface area (Å²) in [5.41, 5.74) is 1.31. The molecule has 1 saturated heterocycles. The average Bonchev–Trinajstić information content (AvgIpc) is 2.89. The van der Waals surface area contributed by atoms with E-state index in [1.165, 1.54) is 18.5 Å². The molecule has 20 heavy (non-hydrogen) atoms. The Hall–Kier alpha value is -1.09. The molecule has 0 unspecified atom stereocenters. The number of thiocarbonyl (C=S) groups is 1. The van der Waals surface area contributed by atoms with Gasteiger partial charge in [0, 0.05) is 24.2 Å². The highest BCUT2D eigenvalue weighted by molar-refractivity contribution is 7.80. The summed E-state index contributed by atoms with van der Waals surface area (Å²) in [4.78, 5) is 2.51. The topological polar surface area (TPSA) is 12.5 Å². The quantitative estimate of drug-likeness (QED) is 0.751. The summed E-state index contributed by atoms with van der Waals surface area (Å²) >= 11 is 5.54. The second kappa shape index (κ2) is 7.07. The highest BCUT2D eigenvalue weighted by Gasteiger charge is 2.36. The molecular weight excluding hydrogens is 266 g/mol. The van der Waals surface area contributed by atoms with E-state index in [4.69, 9.17) is 17.0 Å². The van der Waals surface area contributed by atoms with Crippen LogP contribution in [0.2, 0.25) is 0 Å². The third-order valence-electron chi connectivity index (χ3n) is 4.08. The van der Waals surface area contributed by atoms with E-state index in [1.54, 1.807) is 0 Å². The van der Waals surface area contributed by atoms with E-state index < -0.39 is 0 Å². The molecule has 0 saturated carbocycles. The fourth-order valence-corrected chi connectivity index (χ4v) is 3.77. The standard InChI is InChI=1S/C17H25NOS/c1-4-19-17(20)16(13(2)3)15-11-8-12-18(15)14-9-6-5-7-10-14/h5-7,9-10,13,15-16H,4,8,11-12H2,1-3H3/t15-,16-/m1/s1. The minimum Gasteiger partial charge on any atom is -0.487 e. The van der Waals surface area contributed by atoms with Gasteiger partial charge in [0.25, 0.3) is 0 Å². The minimum absolute atomic E-state index is 0.327. The minimum atomic E-state index is 0.327. The molecule has 0 amide bonds. The molecule has 1 aliphatic heterocycles. The molecule has 110 valence electrons. The summed E-state index contributed by atoms with van der Waals surface area (Å²) in [6, 6.07) is 11.1. The van der Waals surface area contributed by atoms with E-state index >= 15 is 0 Å². The Labute approximate surface area is 128 Å². The summed E-state index contributed by atoms with van der Waals surface area (Å²) in [6.45, 7) is 8.29. The van der Waals surface area contributed by atoms with Crippen LogP contribution >= 0.6 is 12.2 Å². The molecule has 1 aliphatic rings. The predicted molar refractivity (Wildman–Crippen MR) is 89.4 cm³/mol. The van der Waals surface area contributed by atoms with Crippen LogP contribution < -0.4 is 4.90 Å². The molecule has 1 aromatic rings. The summed E-state index contributed by atoms with van der Waals surface area (Å²) in [5, 5.41) is 0.787. The van der Waals surface area contributed by atoms with Crippen molar-refractivity contribution in [1.82, 2.24) is 0 Å². The van der Waals surface area contributed by atoms with Crippen molar-refractivity contribution in [2.75, 3.05) is 18.1 Å². The zero-order valence-electron chi connectivity index (χ0n) is 12.7. The molecule has 0 spiro atoms. The number of para-hydroxylation sites is 1. The van der Waals surface area contributed by atoms with Crippen molar-refractivity contribution >= 4 is 23.0 Å². The molecule has 0 N–H and O–H groups in total. The molecule has 0 aromatic heterocycles. The van der Waals surface area contributed by atoms with E-state index in [1.807, 2.05) is 6.92 Å². The van der Waals surface area contributed by atoms with Gasteiger partial charge in [-0.05, 0) is 50.0 Å². The Bertz CT molecular complexity index is 432. The van der Waals surface area contributed by atoms with Gasteiger partial charge in [0.1, 0.15) is 0 Å². The smallest absolute Gasteiger partial charge is 0.165 e. The lowest BCUT2D eigenvalue weighted by Gasteiger charge is -2.35.